The van der Waals surface area contributed by atoms with Crippen molar-refractivity contribution in [2.45, 2.75) is 6.92 Å². The Balaban J connectivity index is 2.79. The molecule has 2 aromatic rings. The summed E-state index contributed by atoms with van der Waals surface area (Å²) in [6.45, 7) is 1.74. The van der Waals surface area contributed by atoms with Crippen LogP contribution >= 0.6 is 0 Å². The molecule has 0 radical (unpaired) electrons. The van der Waals surface area contributed by atoms with Crippen LogP contribution in [0, 0.1) is 6.92 Å². The highest BCUT2D eigenvalue weighted by Gasteiger charge is 2.13. The number of aryl methyl sites for hydroxylation is 1. The average Bonchev–Trinajstić information content (AvgIpc) is 2.43. The molecule has 0 bridgehead atoms. The van der Waals surface area contributed by atoms with E-state index in [4.69, 9.17) is 5.11 Å². The van der Waals surface area contributed by atoms with Crippen molar-refractivity contribution >= 4 is 16.9 Å². The third-order valence-electron chi connectivity index (χ3n) is 2.26. The molecule has 14 heavy (non-hydrogen) atoms. The minimum absolute atomic E-state index is 0.121. The molecule has 72 valence electrons. The smallest absolute Gasteiger partial charge is 0.352 e. The van der Waals surface area contributed by atoms with Crippen LogP contribution in [0.5, 0.6) is 5.75 Å². The van der Waals surface area contributed by atoms with Gasteiger partial charge in [0.25, 0.3) is 0 Å². The van der Waals surface area contributed by atoms with Gasteiger partial charge in [0.1, 0.15) is 11.4 Å². The van der Waals surface area contributed by atoms with E-state index < -0.39 is 5.97 Å². The molecule has 0 aliphatic heterocycles. The lowest BCUT2D eigenvalue weighted by Crippen LogP contribution is -1.97. The number of aromatic hydroxyl groups is 1. The molecular weight excluding hydrogens is 182 g/mol. The Morgan fingerprint density at radius 3 is 2.79 bits per heavy atom. The summed E-state index contributed by atoms with van der Waals surface area (Å²) >= 11 is 0. The molecule has 0 atom stereocenters. The van der Waals surface area contributed by atoms with E-state index in [-0.39, 0.29) is 11.4 Å². The lowest BCUT2D eigenvalue weighted by molar-refractivity contribution is 0.0691. The number of rotatable bonds is 1. The number of hydrogen-bond donors (Lipinski definition) is 3. The van der Waals surface area contributed by atoms with Gasteiger partial charge in [-0.05, 0) is 24.6 Å². The number of carboxylic acid groups (broad SMARTS) is 1. The molecule has 1 aromatic heterocycles. The molecule has 4 heteroatoms. The predicted octanol–water partition coefficient (Wildman–Crippen LogP) is 1.88. The number of carbonyl (C=O) groups is 1. The summed E-state index contributed by atoms with van der Waals surface area (Å²) in [4.78, 5) is 13.5. The summed E-state index contributed by atoms with van der Waals surface area (Å²) in [5, 5.41) is 18.9. The molecule has 0 unspecified atom stereocenters. The number of phenols is 1. The van der Waals surface area contributed by atoms with Crippen molar-refractivity contribution in [3.8, 4) is 5.75 Å². The Labute approximate surface area is 79.8 Å². The number of nitrogens with one attached hydrogen (secondary N) is 1. The summed E-state index contributed by atoms with van der Waals surface area (Å²) < 4.78 is 0. The predicted molar refractivity (Wildman–Crippen MR) is 51.7 cm³/mol. The minimum atomic E-state index is -0.988. The molecule has 0 spiro atoms. The minimum Gasteiger partial charge on any atom is -0.508 e. The molecule has 0 aliphatic carbocycles. The van der Waals surface area contributed by atoms with Gasteiger partial charge in [0.15, 0.2) is 0 Å². The van der Waals surface area contributed by atoms with E-state index in [0.29, 0.717) is 11.1 Å². The van der Waals surface area contributed by atoms with Crippen molar-refractivity contribution in [3.63, 3.8) is 0 Å². The summed E-state index contributed by atoms with van der Waals surface area (Å²) in [6, 6.07) is 4.74. The van der Waals surface area contributed by atoms with Gasteiger partial charge >= 0.3 is 5.97 Å². The summed E-state index contributed by atoms with van der Waals surface area (Å²) in [6.07, 6.45) is 0. The third-order valence-corrected chi connectivity index (χ3v) is 2.26. The maximum absolute atomic E-state index is 10.8. The van der Waals surface area contributed by atoms with E-state index in [2.05, 4.69) is 4.98 Å². The first-order chi connectivity index (χ1) is 6.59. The standard InChI is InChI=1S/C10H9NO3/c1-5-7-3-2-6(12)4-8(7)11-9(5)10(13)14/h2-4,11-12H,1H3,(H,13,14). The number of hydrogen-bond acceptors (Lipinski definition) is 2. The van der Waals surface area contributed by atoms with Crippen LogP contribution in [0.15, 0.2) is 18.2 Å². The van der Waals surface area contributed by atoms with E-state index in [1.54, 1.807) is 13.0 Å². The number of benzene rings is 1. The third kappa shape index (κ3) is 1.12. The van der Waals surface area contributed by atoms with E-state index in [9.17, 15) is 9.90 Å². The number of aromatic carboxylic acids is 1. The number of phenolic OH excluding ortho intramolecular Hbond substituents is 1. The van der Waals surface area contributed by atoms with Gasteiger partial charge < -0.3 is 15.2 Å². The monoisotopic (exact) mass is 191 g/mol. The first-order valence-corrected chi connectivity index (χ1v) is 4.14. The fraction of sp³-hybridized carbons (Fsp3) is 0.100. The van der Waals surface area contributed by atoms with Crippen molar-refractivity contribution in [3.05, 3.63) is 29.5 Å². The second-order valence-electron chi connectivity index (χ2n) is 3.16. The molecule has 0 saturated carbocycles. The van der Waals surface area contributed by atoms with E-state index in [1.807, 2.05) is 0 Å². The van der Waals surface area contributed by atoms with Crippen LogP contribution in [-0.2, 0) is 0 Å². The van der Waals surface area contributed by atoms with Crippen molar-refractivity contribution in [2.24, 2.45) is 0 Å². The Hall–Kier alpha value is -1.97. The van der Waals surface area contributed by atoms with Crippen molar-refractivity contribution in [1.82, 2.24) is 4.98 Å². The highest BCUT2D eigenvalue weighted by Crippen LogP contribution is 2.24. The number of fused-ring (bicyclic) bond motifs is 1. The largest absolute Gasteiger partial charge is 0.508 e. The fourth-order valence-corrected chi connectivity index (χ4v) is 1.54. The summed E-state index contributed by atoms with van der Waals surface area (Å²) in [5.41, 5.74) is 1.50. The first kappa shape index (κ1) is 8.62. The van der Waals surface area contributed by atoms with Crippen molar-refractivity contribution in [1.29, 1.82) is 0 Å². The van der Waals surface area contributed by atoms with Crippen molar-refractivity contribution in [2.75, 3.05) is 0 Å². The Morgan fingerprint density at radius 2 is 2.14 bits per heavy atom. The molecule has 0 amide bonds. The molecule has 0 aliphatic rings. The lowest BCUT2D eigenvalue weighted by Gasteiger charge is -1.92. The van der Waals surface area contributed by atoms with Crippen LogP contribution in [0.3, 0.4) is 0 Å². The van der Waals surface area contributed by atoms with Gasteiger partial charge in [-0.2, -0.15) is 0 Å². The van der Waals surface area contributed by atoms with E-state index >= 15 is 0 Å². The number of carboxylic acids is 1. The Morgan fingerprint density at radius 1 is 1.43 bits per heavy atom. The van der Waals surface area contributed by atoms with Gasteiger partial charge in [-0.1, -0.05) is 0 Å². The van der Waals surface area contributed by atoms with Crippen LogP contribution in [0.25, 0.3) is 10.9 Å². The SMILES string of the molecule is Cc1c(C(=O)O)[nH]c2cc(O)ccc12. The molecule has 0 fully saturated rings. The maximum Gasteiger partial charge on any atom is 0.352 e. The van der Waals surface area contributed by atoms with Gasteiger partial charge in [0.05, 0.1) is 0 Å². The molecular formula is C10H9NO3. The van der Waals surface area contributed by atoms with Crippen LogP contribution in [0.1, 0.15) is 16.1 Å². The summed E-state index contributed by atoms with van der Waals surface area (Å²) in [7, 11) is 0. The fourth-order valence-electron chi connectivity index (χ4n) is 1.54. The zero-order valence-electron chi connectivity index (χ0n) is 7.53. The molecule has 4 nitrogen and oxygen atoms in total. The van der Waals surface area contributed by atoms with E-state index in [1.165, 1.54) is 12.1 Å². The van der Waals surface area contributed by atoms with Gasteiger partial charge in [-0.15, -0.1) is 0 Å². The lowest BCUT2D eigenvalue weighted by atomic mass is 10.1. The number of aromatic amines is 1. The van der Waals surface area contributed by atoms with Crippen LogP contribution in [0.2, 0.25) is 0 Å². The second-order valence-corrected chi connectivity index (χ2v) is 3.16. The zero-order valence-corrected chi connectivity index (χ0v) is 7.53. The average molecular weight is 191 g/mol. The first-order valence-electron chi connectivity index (χ1n) is 4.14. The zero-order chi connectivity index (χ0) is 10.3. The molecule has 0 saturated heterocycles. The number of H-pyrrole nitrogens is 1. The highest BCUT2D eigenvalue weighted by molar-refractivity contribution is 5.97. The summed E-state index contributed by atoms with van der Waals surface area (Å²) in [5.74, 6) is -0.867. The topological polar surface area (TPSA) is 73.3 Å². The molecule has 1 aromatic carbocycles. The number of aromatic nitrogens is 1. The van der Waals surface area contributed by atoms with Crippen molar-refractivity contribution < 1.29 is 15.0 Å². The van der Waals surface area contributed by atoms with Gasteiger partial charge in [0, 0.05) is 17.0 Å². The molecule has 2 rings (SSSR count). The quantitative estimate of drug-likeness (QED) is 0.644. The van der Waals surface area contributed by atoms with Gasteiger partial charge in [0.2, 0.25) is 0 Å². The normalized spacial score (nSPS) is 10.6. The Bertz CT molecular complexity index is 513. The maximum atomic E-state index is 10.8. The molecule has 1 heterocycles. The van der Waals surface area contributed by atoms with E-state index in [0.717, 1.165) is 5.39 Å². The molecule has 3 N–H and O–H groups in total. The van der Waals surface area contributed by atoms with Gasteiger partial charge in [-0.3, -0.25) is 0 Å². The van der Waals surface area contributed by atoms with Gasteiger partial charge in [-0.25, -0.2) is 4.79 Å². The second kappa shape index (κ2) is 2.77. The van der Waals surface area contributed by atoms with Crippen LogP contribution in [0.4, 0.5) is 0 Å². The highest BCUT2D eigenvalue weighted by atomic mass is 16.4. The van der Waals surface area contributed by atoms with Crippen LogP contribution < -0.4 is 0 Å². The Kier molecular flexibility index (Phi) is 1.70. The van der Waals surface area contributed by atoms with Crippen LogP contribution in [-0.4, -0.2) is 21.2 Å².